The zero-order valence-electron chi connectivity index (χ0n) is 12.4. The van der Waals surface area contributed by atoms with Crippen LogP contribution in [0.15, 0.2) is 36.4 Å². The summed E-state index contributed by atoms with van der Waals surface area (Å²) in [5.74, 6) is 0.841. The van der Waals surface area contributed by atoms with E-state index in [0.29, 0.717) is 0 Å². The Labute approximate surface area is 131 Å². The van der Waals surface area contributed by atoms with Crippen molar-refractivity contribution in [3.8, 4) is 5.75 Å². The number of allylic oxidation sites excluding steroid dienone is 1. The van der Waals surface area contributed by atoms with Gasteiger partial charge in [0.05, 0.1) is 6.61 Å². The Hall–Kier alpha value is -1.48. The number of benzene rings is 1. The van der Waals surface area contributed by atoms with Crippen LogP contribution in [0.5, 0.6) is 5.75 Å². The van der Waals surface area contributed by atoms with Crippen molar-refractivity contribution < 1.29 is 14.6 Å². The van der Waals surface area contributed by atoms with Gasteiger partial charge in [-0.1, -0.05) is 42.7 Å². The maximum atomic E-state index is 9.00. The number of aliphatic carboxylic acids is 1. The highest BCUT2D eigenvalue weighted by molar-refractivity contribution is 6.30. The van der Waals surface area contributed by atoms with Crippen LogP contribution >= 0.6 is 11.6 Å². The molecule has 0 unspecified atom stereocenters. The molecule has 0 spiro atoms. The molecule has 21 heavy (non-hydrogen) atoms. The fourth-order valence-electron chi connectivity index (χ4n) is 2.24. The van der Waals surface area contributed by atoms with Crippen LogP contribution in [0.2, 0.25) is 5.02 Å². The first-order valence-electron chi connectivity index (χ1n) is 7.32. The molecule has 0 amide bonds. The van der Waals surface area contributed by atoms with E-state index in [4.69, 9.17) is 26.2 Å². The van der Waals surface area contributed by atoms with E-state index in [1.165, 1.54) is 25.7 Å². The highest BCUT2D eigenvalue weighted by atomic mass is 35.5. The lowest BCUT2D eigenvalue weighted by atomic mass is 10.1. The largest absolute Gasteiger partial charge is 0.493 e. The molecular formula is C17H23ClO3. The molecule has 0 saturated heterocycles. The number of halogens is 1. The fraction of sp³-hybridized carbons (Fsp3) is 0.471. The van der Waals surface area contributed by atoms with Crippen molar-refractivity contribution in [2.24, 2.45) is 5.92 Å². The molecule has 1 aliphatic rings. The first-order valence-corrected chi connectivity index (χ1v) is 7.70. The molecule has 1 saturated carbocycles. The molecular weight excluding hydrogens is 288 g/mol. The molecule has 1 N–H and O–H groups in total. The average Bonchev–Trinajstić information content (AvgIpc) is 2.91. The van der Waals surface area contributed by atoms with Gasteiger partial charge in [-0.2, -0.15) is 0 Å². The minimum absolute atomic E-state index is 0.726. The predicted molar refractivity (Wildman–Crippen MR) is 86.0 cm³/mol. The summed E-state index contributed by atoms with van der Waals surface area (Å²) in [5.41, 5.74) is 0. The summed E-state index contributed by atoms with van der Waals surface area (Å²) in [7, 11) is 0. The summed E-state index contributed by atoms with van der Waals surface area (Å²) < 4.78 is 5.62. The van der Waals surface area contributed by atoms with Gasteiger partial charge in [-0.3, -0.25) is 4.79 Å². The third-order valence-corrected chi connectivity index (χ3v) is 3.39. The van der Waals surface area contributed by atoms with E-state index >= 15 is 0 Å². The Kier molecular flexibility index (Phi) is 8.60. The highest BCUT2D eigenvalue weighted by Gasteiger charge is 2.10. The Bertz CT molecular complexity index is 447. The molecule has 1 aromatic rings. The lowest BCUT2D eigenvalue weighted by molar-refractivity contribution is -0.134. The smallest absolute Gasteiger partial charge is 0.300 e. The van der Waals surface area contributed by atoms with Gasteiger partial charge in [0, 0.05) is 11.9 Å². The maximum Gasteiger partial charge on any atom is 0.300 e. The summed E-state index contributed by atoms with van der Waals surface area (Å²) >= 11 is 5.88. The molecule has 3 nitrogen and oxygen atoms in total. The molecule has 0 heterocycles. The molecule has 0 radical (unpaired) electrons. The Morgan fingerprint density at radius 1 is 1.43 bits per heavy atom. The van der Waals surface area contributed by atoms with Gasteiger partial charge in [0.1, 0.15) is 5.75 Å². The number of carboxylic acids is 1. The molecule has 0 aromatic heterocycles. The van der Waals surface area contributed by atoms with Crippen molar-refractivity contribution in [1.82, 2.24) is 0 Å². The van der Waals surface area contributed by atoms with E-state index in [1.54, 1.807) is 0 Å². The summed E-state index contributed by atoms with van der Waals surface area (Å²) in [6, 6.07) is 7.55. The Morgan fingerprint density at radius 3 is 2.71 bits per heavy atom. The van der Waals surface area contributed by atoms with Gasteiger partial charge in [0.25, 0.3) is 5.97 Å². The Morgan fingerprint density at radius 2 is 2.10 bits per heavy atom. The quantitative estimate of drug-likeness (QED) is 0.618. The highest BCUT2D eigenvalue weighted by Crippen LogP contribution is 2.25. The molecule has 1 aliphatic carbocycles. The second kappa shape index (κ2) is 10.3. The van der Waals surface area contributed by atoms with Gasteiger partial charge in [-0.05, 0) is 43.4 Å². The van der Waals surface area contributed by atoms with E-state index in [0.717, 1.165) is 36.6 Å². The number of ether oxygens (including phenoxy) is 1. The first kappa shape index (κ1) is 17.6. The van der Waals surface area contributed by atoms with Gasteiger partial charge < -0.3 is 9.84 Å². The van der Waals surface area contributed by atoms with Crippen molar-refractivity contribution in [2.45, 2.75) is 39.0 Å². The summed E-state index contributed by atoms with van der Waals surface area (Å²) in [5, 5.41) is 8.14. The zero-order valence-corrected chi connectivity index (χ0v) is 13.2. The predicted octanol–water partition coefficient (Wildman–Crippen LogP) is 4.95. The number of rotatable bonds is 5. The van der Waals surface area contributed by atoms with Gasteiger partial charge in [-0.25, -0.2) is 0 Å². The molecule has 4 heteroatoms. The van der Waals surface area contributed by atoms with Crippen LogP contribution < -0.4 is 4.74 Å². The van der Waals surface area contributed by atoms with Gasteiger partial charge >= 0.3 is 0 Å². The second-order valence-electron chi connectivity index (χ2n) is 5.09. The molecule has 0 atom stereocenters. The monoisotopic (exact) mass is 310 g/mol. The third kappa shape index (κ3) is 9.14. The van der Waals surface area contributed by atoms with E-state index in [-0.39, 0.29) is 0 Å². The Balaban J connectivity index is 0.000000491. The number of carbonyl (C=O) groups is 1. The number of hydrogen-bond donors (Lipinski definition) is 1. The van der Waals surface area contributed by atoms with Crippen LogP contribution in [0.1, 0.15) is 39.0 Å². The van der Waals surface area contributed by atoms with E-state index in [9.17, 15) is 0 Å². The summed E-state index contributed by atoms with van der Waals surface area (Å²) in [6.07, 6.45) is 11.1. The summed E-state index contributed by atoms with van der Waals surface area (Å²) in [4.78, 5) is 9.00. The van der Waals surface area contributed by atoms with Crippen LogP contribution in [0.3, 0.4) is 0 Å². The molecule has 1 aromatic carbocycles. The van der Waals surface area contributed by atoms with Crippen LogP contribution in [-0.4, -0.2) is 17.7 Å². The van der Waals surface area contributed by atoms with Crippen molar-refractivity contribution in [2.75, 3.05) is 6.61 Å². The molecule has 0 aliphatic heterocycles. The van der Waals surface area contributed by atoms with Gasteiger partial charge in [0.2, 0.25) is 0 Å². The third-order valence-electron chi connectivity index (χ3n) is 3.16. The lowest BCUT2D eigenvalue weighted by Crippen LogP contribution is -1.95. The van der Waals surface area contributed by atoms with Crippen molar-refractivity contribution in [3.63, 3.8) is 0 Å². The molecule has 1 fully saturated rings. The first-order chi connectivity index (χ1) is 10.1. The minimum Gasteiger partial charge on any atom is -0.493 e. The van der Waals surface area contributed by atoms with Crippen LogP contribution in [0, 0.1) is 5.92 Å². The van der Waals surface area contributed by atoms with Crippen LogP contribution in [0.4, 0.5) is 0 Å². The fourth-order valence-corrected chi connectivity index (χ4v) is 2.42. The van der Waals surface area contributed by atoms with Crippen molar-refractivity contribution in [3.05, 3.63) is 41.4 Å². The summed E-state index contributed by atoms with van der Waals surface area (Å²) in [6.45, 7) is 1.81. The SMILES string of the molecule is CC(=O)O.Clc1cccc(OCC/C=C/C2CCCC2)c1. The van der Waals surface area contributed by atoms with E-state index < -0.39 is 5.97 Å². The molecule has 116 valence electrons. The second-order valence-corrected chi connectivity index (χ2v) is 5.52. The molecule has 0 bridgehead atoms. The maximum absolute atomic E-state index is 9.00. The molecule has 2 rings (SSSR count). The lowest BCUT2D eigenvalue weighted by Gasteiger charge is -2.05. The van der Waals surface area contributed by atoms with Crippen LogP contribution in [-0.2, 0) is 4.79 Å². The normalized spacial score (nSPS) is 14.8. The minimum atomic E-state index is -0.833. The van der Waals surface area contributed by atoms with Gasteiger partial charge in [0.15, 0.2) is 0 Å². The standard InChI is InChI=1S/C15H19ClO.C2H4O2/c16-14-9-5-10-15(12-14)17-11-4-3-8-13-6-1-2-7-13;1-2(3)4/h3,5,8-10,12-13H,1-2,4,6-7,11H2;1H3,(H,3,4)/b8-3+;. The van der Waals surface area contributed by atoms with Gasteiger partial charge in [-0.15, -0.1) is 0 Å². The van der Waals surface area contributed by atoms with Crippen molar-refractivity contribution >= 4 is 17.6 Å². The van der Waals surface area contributed by atoms with E-state index in [2.05, 4.69) is 12.2 Å². The van der Waals surface area contributed by atoms with Crippen molar-refractivity contribution in [1.29, 1.82) is 0 Å². The van der Waals surface area contributed by atoms with E-state index in [1.807, 2.05) is 24.3 Å². The number of carboxylic acid groups (broad SMARTS) is 1. The topological polar surface area (TPSA) is 46.5 Å². The zero-order chi connectivity index (χ0) is 15.5. The number of hydrogen-bond acceptors (Lipinski definition) is 2. The van der Waals surface area contributed by atoms with Crippen LogP contribution in [0.25, 0.3) is 0 Å². The average molecular weight is 311 g/mol.